The van der Waals surface area contributed by atoms with Gasteiger partial charge >= 0.3 is 6.16 Å². The highest BCUT2D eigenvalue weighted by Crippen LogP contribution is 1.92. The highest BCUT2D eigenvalue weighted by Gasteiger charge is 2.05. The number of carbonyl (C=O) groups is 1. The third kappa shape index (κ3) is 17.0. The van der Waals surface area contributed by atoms with E-state index in [4.69, 9.17) is 28.8 Å². The Morgan fingerprint density at radius 3 is 1.86 bits per heavy atom. The van der Waals surface area contributed by atoms with Crippen molar-refractivity contribution in [1.29, 1.82) is 0 Å². The van der Waals surface area contributed by atoms with E-state index in [1.165, 1.54) is 0 Å². The summed E-state index contributed by atoms with van der Waals surface area (Å²) < 4.78 is 30.3. The molecule has 0 amide bonds. The molecule has 0 bridgehead atoms. The Morgan fingerprint density at radius 1 is 0.905 bits per heavy atom. The van der Waals surface area contributed by atoms with Gasteiger partial charge < -0.3 is 33.5 Å². The Hall–Kier alpha value is -0.930. The first kappa shape index (κ1) is 20.1. The van der Waals surface area contributed by atoms with Crippen LogP contribution < -0.4 is 0 Å². The largest absolute Gasteiger partial charge is 0.505 e. The lowest BCUT2D eigenvalue weighted by atomic mass is 10.4. The second-order valence-corrected chi connectivity index (χ2v) is 4.09. The van der Waals surface area contributed by atoms with E-state index >= 15 is 0 Å². The fraction of sp³-hybridized carbons (Fsp3) is 0.923. The minimum atomic E-state index is -1.30. The summed E-state index contributed by atoms with van der Waals surface area (Å²) in [6.45, 7) is 5.72. The van der Waals surface area contributed by atoms with Gasteiger partial charge in [0.25, 0.3) is 0 Å². The maximum atomic E-state index is 10.1. The molecule has 0 heterocycles. The normalized spacial score (nSPS) is 12.3. The standard InChI is InChI=1S/C13H26O8/c1-12(11-21-13(14)15)20-10-9-19-8-7-18-6-5-17-4-3-16-2/h12H,3-11H2,1-2H3,(H,14,15). The zero-order chi connectivity index (χ0) is 15.8. The second kappa shape index (κ2) is 15.5. The average Bonchev–Trinajstić information content (AvgIpc) is 2.46. The van der Waals surface area contributed by atoms with Gasteiger partial charge in [-0.15, -0.1) is 0 Å². The number of methoxy groups -OCH3 is 1. The predicted octanol–water partition coefficient (Wildman–Crippen LogP) is 0.782. The van der Waals surface area contributed by atoms with Gasteiger partial charge in [0.05, 0.1) is 59.0 Å². The van der Waals surface area contributed by atoms with Crippen molar-refractivity contribution in [2.45, 2.75) is 13.0 Å². The molecule has 8 nitrogen and oxygen atoms in total. The Kier molecular flexibility index (Phi) is 14.8. The molecule has 0 aromatic rings. The van der Waals surface area contributed by atoms with Gasteiger partial charge in [0.15, 0.2) is 0 Å². The lowest BCUT2D eigenvalue weighted by Gasteiger charge is -2.12. The van der Waals surface area contributed by atoms with Crippen LogP contribution in [0.3, 0.4) is 0 Å². The quantitative estimate of drug-likeness (QED) is 0.350. The van der Waals surface area contributed by atoms with Gasteiger partial charge in [-0.1, -0.05) is 0 Å². The van der Waals surface area contributed by atoms with Gasteiger partial charge in [0.2, 0.25) is 0 Å². The van der Waals surface area contributed by atoms with E-state index < -0.39 is 6.16 Å². The zero-order valence-electron chi connectivity index (χ0n) is 12.7. The summed E-state index contributed by atoms with van der Waals surface area (Å²) in [6, 6.07) is 0. The summed E-state index contributed by atoms with van der Waals surface area (Å²) in [6.07, 6.45) is -1.59. The highest BCUT2D eigenvalue weighted by atomic mass is 16.7. The van der Waals surface area contributed by atoms with Gasteiger partial charge in [-0.3, -0.25) is 0 Å². The van der Waals surface area contributed by atoms with Crippen molar-refractivity contribution in [2.75, 3.05) is 66.6 Å². The Bertz CT molecular complexity index is 236. The number of rotatable bonds is 15. The molecule has 0 saturated heterocycles. The summed E-state index contributed by atoms with van der Waals surface area (Å²) >= 11 is 0. The Balaban J connectivity index is 3.10. The molecule has 1 N–H and O–H groups in total. The van der Waals surface area contributed by atoms with Crippen LogP contribution in [0, 0.1) is 0 Å². The summed E-state index contributed by atoms with van der Waals surface area (Å²) in [4.78, 5) is 10.1. The van der Waals surface area contributed by atoms with Crippen molar-refractivity contribution >= 4 is 6.16 Å². The zero-order valence-corrected chi connectivity index (χ0v) is 12.7. The Labute approximate surface area is 125 Å². The summed E-state index contributed by atoms with van der Waals surface area (Å²) in [5.41, 5.74) is 0. The highest BCUT2D eigenvalue weighted by molar-refractivity contribution is 5.56. The topological polar surface area (TPSA) is 92.7 Å². The van der Waals surface area contributed by atoms with E-state index in [2.05, 4.69) is 4.74 Å². The van der Waals surface area contributed by atoms with E-state index in [1.807, 2.05) is 0 Å². The monoisotopic (exact) mass is 310 g/mol. The average molecular weight is 310 g/mol. The van der Waals surface area contributed by atoms with Crippen LogP contribution in [0.25, 0.3) is 0 Å². The number of carboxylic acid groups (broad SMARTS) is 1. The molecule has 0 radical (unpaired) electrons. The van der Waals surface area contributed by atoms with Crippen molar-refractivity contribution in [2.24, 2.45) is 0 Å². The minimum Gasteiger partial charge on any atom is -0.450 e. The van der Waals surface area contributed by atoms with Crippen LogP contribution in [0.2, 0.25) is 0 Å². The summed E-state index contributed by atoms with van der Waals surface area (Å²) in [5, 5.41) is 8.30. The van der Waals surface area contributed by atoms with Gasteiger partial charge in [0, 0.05) is 7.11 Å². The van der Waals surface area contributed by atoms with E-state index in [-0.39, 0.29) is 12.7 Å². The maximum Gasteiger partial charge on any atom is 0.505 e. The molecule has 0 aliphatic rings. The molecular formula is C13H26O8. The lowest BCUT2D eigenvalue weighted by Crippen LogP contribution is -2.20. The third-order valence-electron chi connectivity index (χ3n) is 2.25. The molecule has 126 valence electrons. The van der Waals surface area contributed by atoms with Gasteiger partial charge in [-0.05, 0) is 6.92 Å². The maximum absolute atomic E-state index is 10.1. The van der Waals surface area contributed by atoms with Gasteiger partial charge in [-0.25, -0.2) is 4.79 Å². The van der Waals surface area contributed by atoms with Crippen molar-refractivity contribution in [3.8, 4) is 0 Å². The van der Waals surface area contributed by atoms with E-state index in [0.29, 0.717) is 52.9 Å². The molecule has 0 rings (SSSR count). The first-order chi connectivity index (χ1) is 10.2. The van der Waals surface area contributed by atoms with Crippen molar-refractivity contribution < 1.29 is 38.3 Å². The smallest absolute Gasteiger partial charge is 0.450 e. The lowest BCUT2D eigenvalue weighted by molar-refractivity contribution is -0.0343. The molecule has 0 spiro atoms. The van der Waals surface area contributed by atoms with Gasteiger partial charge in [-0.2, -0.15) is 0 Å². The van der Waals surface area contributed by atoms with Crippen LogP contribution in [0.15, 0.2) is 0 Å². The third-order valence-corrected chi connectivity index (χ3v) is 2.25. The molecule has 1 unspecified atom stereocenters. The summed E-state index contributed by atoms with van der Waals surface area (Å²) in [5.74, 6) is 0. The SMILES string of the molecule is COCCOCCOCCOCCOC(C)COC(=O)O. The molecule has 0 aromatic heterocycles. The number of ether oxygens (including phenoxy) is 6. The molecular weight excluding hydrogens is 284 g/mol. The van der Waals surface area contributed by atoms with Crippen molar-refractivity contribution in [3.63, 3.8) is 0 Å². The molecule has 0 saturated carbocycles. The van der Waals surface area contributed by atoms with Crippen LogP contribution in [0.5, 0.6) is 0 Å². The molecule has 0 aliphatic heterocycles. The van der Waals surface area contributed by atoms with Crippen molar-refractivity contribution in [1.82, 2.24) is 0 Å². The molecule has 1 atom stereocenters. The molecule has 0 aromatic carbocycles. The number of hydrogen-bond donors (Lipinski definition) is 1. The molecule has 21 heavy (non-hydrogen) atoms. The Morgan fingerprint density at radius 2 is 1.38 bits per heavy atom. The first-order valence-corrected chi connectivity index (χ1v) is 6.86. The van der Waals surface area contributed by atoms with Crippen LogP contribution in [-0.4, -0.2) is 83.9 Å². The fourth-order valence-corrected chi connectivity index (χ4v) is 1.23. The van der Waals surface area contributed by atoms with Crippen molar-refractivity contribution in [3.05, 3.63) is 0 Å². The second-order valence-electron chi connectivity index (χ2n) is 4.09. The van der Waals surface area contributed by atoms with E-state index in [0.717, 1.165) is 0 Å². The molecule has 0 aliphatic carbocycles. The minimum absolute atomic E-state index is 0.0154. The summed E-state index contributed by atoms with van der Waals surface area (Å²) in [7, 11) is 1.63. The molecule has 8 heteroatoms. The van der Waals surface area contributed by atoms with Gasteiger partial charge in [0.1, 0.15) is 6.61 Å². The van der Waals surface area contributed by atoms with Crippen LogP contribution in [-0.2, 0) is 28.4 Å². The molecule has 0 fully saturated rings. The fourth-order valence-electron chi connectivity index (χ4n) is 1.23. The number of hydrogen-bond acceptors (Lipinski definition) is 7. The van der Waals surface area contributed by atoms with E-state index in [9.17, 15) is 4.79 Å². The first-order valence-electron chi connectivity index (χ1n) is 6.86. The van der Waals surface area contributed by atoms with E-state index in [1.54, 1.807) is 14.0 Å². The van der Waals surface area contributed by atoms with Crippen LogP contribution >= 0.6 is 0 Å². The predicted molar refractivity (Wildman–Crippen MR) is 73.7 cm³/mol. The van der Waals surface area contributed by atoms with Crippen LogP contribution in [0.4, 0.5) is 4.79 Å². The van der Waals surface area contributed by atoms with Crippen LogP contribution in [0.1, 0.15) is 6.92 Å².